The molecular weight excluding hydrogens is 250 g/mol. The lowest BCUT2D eigenvalue weighted by Crippen LogP contribution is -2.35. The molecular formula is C12H15N3O4. The van der Waals surface area contributed by atoms with Gasteiger partial charge in [-0.25, -0.2) is 4.98 Å². The first kappa shape index (κ1) is 13.3. The van der Waals surface area contributed by atoms with Gasteiger partial charge in [0, 0.05) is 18.8 Å². The monoisotopic (exact) mass is 265 g/mol. The molecule has 7 nitrogen and oxygen atoms in total. The lowest BCUT2D eigenvalue weighted by molar-refractivity contribution is -0.384. The van der Waals surface area contributed by atoms with E-state index in [0.29, 0.717) is 18.7 Å². The fourth-order valence-electron chi connectivity index (χ4n) is 2.41. The van der Waals surface area contributed by atoms with E-state index in [1.165, 1.54) is 18.3 Å². The third-order valence-corrected chi connectivity index (χ3v) is 3.58. The molecule has 0 radical (unpaired) electrons. The minimum absolute atomic E-state index is 0.0618. The lowest BCUT2D eigenvalue weighted by atomic mass is 9.86. The Labute approximate surface area is 109 Å². The summed E-state index contributed by atoms with van der Waals surface area (Å²) in [4.78, 5) is 25.5. The summed E-state index contributed by atoms with van der Waals surface area (Å²) in [5, 5.41) is 22.9. The first-order valence-corrected chi connectivity index (χ1v) is 6.11. The molecule has 7 heteroatoms. The Morgan fingerprint density at radius 1 is 1.53 bits per heavy atom. The summed E-state index contributed by atoms with van der Waals surface area (Å²) in [5.41, 5.74) is -0.833. The van der Waals surface area contributed by atoms with Crippen LogP contribution < -0.4 is 5.32 Å². The highest BCUT2D eigenvalue weighted by Gasteiger charge is 2.41. The Morgan fingerprint density at radius 2 is 2.21 bits per heavy atom. The smallest absolute Gasteiger partial charge is 0.311 e. The number of pyridine rings is 1. The number of nitrogens with zero attached hydrogens (tertiary/aromatic N) is 2. The van der Waals surface area contributed by atoms with Crippen LogP contribution in [0.25, 0.3) is 0 Å². The second kappa shape index (κ2) is 5.21. The zero-order valence-corrected chi connectivity index (χ0v) is 10.3. The molecule has 1 saturated carbocycles. The summed E-state index contributed by atoms with van der Waals surface area (Å²) < 4.78 is 0. The van der Waals surface area contributed by atoms with Crippen molar-refractivity contribution in [1.82, 2.24) is 4.98 Å². The maximum Gasteiger partial charge on any atom is 0.311 e. The van der Waals surface area contributed by atoms with Gasteiger partial charge in [0.25, 0.3) is 5.69 Å². The number of carboxylic acids is 1. The van der Waals surface area contributed by atoms with E-state index in [1.807, 2.05) is 0 Å². The molecule has 0 unspecified atom stereocenters. The molecule has 102 valence electrons. The Kier molecular flexibility index (Phi) is 3.64. The summed E-state index contributed by atoms with van der Waals surface area (Å²) in [6, 6.07) is 2.61. The number of carbonyl (C=O) groups is 1. The highest BCUT2D eigenvalue weighted by Crippen LogP contribution is 2.38. The molecule has 0 saturated heterocycles. The molecule has 1 aromatic rings. The van der Waals surface area contributed by atoms with Gasteiger partial charge < -0.3 is 10.4 Å². The van der Waals surface area contributed by atoms with Crippen molar-refractivity contribution in [1.29, 1.82) is 0 Å². The van der Waals surface area contributed by atoms with E-state index in [2.05, 4.69) is 10.3 Å². The van der Waals surface area contributed by atoms with Crippen molar-refractivity contribution in [2.24, 2.45) is 5.41 Å². The number of anilines is 1. The van der Waals surface area contributed by atoms with Crippen LogP contribution in [-0.4, -0.2) is 27.5 Å². The fourth-order valence-corrected chi connectivity index (χ4v) is 2.41. The number of aromatic nitrogens is 1. The van der Waals surface area contributed by atoms with Crippen LogP contribution in [0.2, 0.25) is 0 Å². The van der Waals surface area contributed by atoms with Crippen LogP contribution in [0.3, 0.4) is 0 Å². The molecule has 0 amide bonds. The van der Waals surface area contributed by atoms with Crippen LogP contribution in [-0.2, 0) is 4.79 Å². The van der Waals surface area contributed by atoms with Gasteiger partial charge in [0.05, 0.1) is 16.4 Å². The van der Waals surface area contributed by atoms with Crippen molar-refractivity contribution >= 4 is 17.5 Å². The predicted molar refractivity (Wildman–Crippen MR) is 67.9 cm³/mol. The van der Waals surface area contributed by atoms with Gasteiger partial charge in [-0.05, 0) is 12.8 Å². The number of carboxylic acid groups (broad SMARTS) is 1. The minimum Gasteiger partial charge on any atom is -0.481 e. The van der Waals surface area contributed by atoms with Crippen LogP contribution in [0, 0.1) is 15.5 Å². The molecule has 2 N–H and O–H groups in total. The Morgan fingerprint density at radius 3 is 2.79 bits per heavy atom. The van der Waals surface area contributed by atoms with Crippen LogP contribution in [0.4, 0.5) is 11.5 Å². The summed E-state index contributed by atoms with van der Waals surface area (Å²) in [7, 11) is 0. The van der Waals surface area contributed by atoms with Gasteiger partial charge in [-0.1, -0.05) is 12.8 Å². The molecule has 1 fully saturated rings. The van der Waals surface area contributed by atoms with E-state index in [1.54, 1.807) is 0 Å². The second-order valence-electron chi connectivity index (χ2n) is 4.80. The van der Waals surface area contributed by atoms with Crippen LogP contribution >= 0.6 is 0 Å². The molecule has 0 atom stereocenters. The summed E-state index contributed by atoms with van der Waals surface area (Å²) in [6.45, 7) is 0.247. The SMILES string of the molecule is O=C(O)C1(CNc2cc([N+](=O)[O-])ccn2)CCCC1. The largest absolute Gasteiger partial charge is 0.481 e. The molecule has 19 heavy (non-hydrogen) atoms. The molecule has 0 aliphatic heterocycles. The Bertz CT molecular complexity index is 498. The van der Waals surface area contributed by atoms with Gasteiger partial charge in [0.15, 0.2) is 0 Å². The van der Waals surface area contributed by atoms with E-state index in [9.17, 15) is 20.0 Å². The Balaban J connectivity index is 2.07. The van der Waals surface area contributed by atoms with Crippen molar-refractivity contribution in [3.63, 3.8) is 0 Å². The quantitative estimate of drug-likeness (QED) is 0.623. The first-order chi connectivity index (χ1) is 9.03. The highest BCUT2D eigenvalue weighted by molar-refractivity contribution is 5.75. The number of aliphatic carboxylic acids is 1. The molecule has 1 aliphatic rings. The first-order valence-electron chi connectivity index (χ1n) is 6.11. The van der Waals surface area contributed by atoms with Crippen molar-refractivity contribution in [3.8, 4) is 0 Å². The zero-order chi connectivity index (χ0) is 13.9. The van der Waals surface area contributed by atoms with E-state index in [-0.39, 0.29) is 12.2 Å². The minimum atomic E-state index is -0.817. The van der Waals surface area contributed by atoms with Crippen molar-refractivity contribution in [2.75, 3.05) is 11.9 Å². The molecule has 1 aliphatic carbocycles. The van der Waals surface area contributed by atoms with E-state index in [0.717, 1.165) is 12.8 Å². The van der Waals surface area contributed by atoms with Crippen LogP contribution in [0.1, 0.15) is 25.7 Å². The highest BCUT2D eigenvalue weighted by atomic mass is 16.6. The van der Waals surface area contributed by atoms with Gasteiger partial charge in [-0.2, -0.15) is 0 Å². The average Bonchev–Trinajstić information content (AvgIpc) is 2.87. The van der Waals surface area contributed by atoms with Gasteiger partial charge in [-0.3, -0.25) is 14.9 Å². The fraction of sp³-hybridized carbons (Fsp3) is 0.500. The Hall–Kier alpha value is -2.18. The standard InChI is InChI=1S/C12H15N3O4/c16-11(17)12(4-1-2-5-12)8-14-10-7-9(15(18)19)3-6-13-10/h3,6-7H,1-2,4-5,8H2,(H,13,14)(H,16,17). The van der Waals surface area contributed by atoms with Gasteiger partial charge >= 0.3 is 5.97 Å². The molecule has 0 aromatic carbocycles. The number of rotatable bonds is 5. The normalized spacial score (nSPS) is 17.1. The average molecular weight is 265 g/mol. The second-order valence-corrected chi connectivity index (χ2v) is 4.80. The van der Waals surface area contributed by atoms with Gasteiger partial charge in [0.1, 0.15) is 5.82 Å². The number of hydrogen-bond acceptors (Lipinski definition) is 5. The number of hydrogen-bond donors (Lipinski definition) is 2. The van der Waals surface area contributed by atoms with E-state index >= 15 is 0 Å². The summed E-state index contributed by atoms with van der Waals surface area (Å²) >= 11 is 0. The summed E-state index contributed by atoms with van der Waals surface area (Å²) in [6.07, 6.45) is 4.39. The maximum atomic E-state index is 11.4. The third-order valence-electron chi connectivity index (χ3n) is 3.58. The van der Waals surface area contributed by atoms with Crippen molar-refractivity contribution in [2.45, 2.75) is 25.7 Å². The van der Waals surface area contributed by atoms with Gasteiger partial charge in [-0.15, -0.1) is 0 Å². The number of nitrogens with one attached hydrogen (secondary N) is 1. The third kappa shape index (κ3) is 2.81. The van der Waals surface area contributed by atoms with Crippen molar-refractivity contribution < 1.29 is 14.8 Å². The molecule has 0 spiro atoms. The number of nitro groups is 1. The lowest BCUT2D eigenvalue weighted by Gasteiger charge is -2.24. The zero-order valence-electron chi connectivity index (χ0n) is 10.3. The van der Waals surface area contributed by atoms with E-state index < -0.39 is 16.3 Å². The van der Waals surface area contributed by atoms with E-state index in [4.69, 9.17) is 0 Å². The molecule has 0 bridgehead atoms. The predicted octanol–water partition coefficient (Wildman–Crippen LogP) is 2.05. The van der Waals surface area contributed by atoms with Crippen molar-refractivity contribution in [3.05, 3.63) is 28.4 Å². The van der Waals surface area contributed by atoms with Crippen LogP contribution in [0.5, 0.6) is 0 Å². The van der Waals surface area contributed by atoms with Crippen LogP contribution in [0.15, 0.2) is 18.3 Å². The maximum absolute atomic E-state index is 11.4. The van der Waals surface area contributed by atoms with Gasteiger partial charge in [0.2, 0.25) is 0 Å². The molecule has 2 rings (SSSR count). The summed E-state index contributed by atoms with van der Waals surface area (Å²) in [5.74, 6) is -0.482. The molecule has 1 aromatic heterocycles. The topological polar surface area (TPSA) is 105 Å². The molecule has 1 heterocycles.